The van der Waals surface area contributed by atoms with Crippen LogP contribution < -0.4 is 5.32 Å². The summed E-state index contributed by atoms with van der Waals surface area (Å²) in [4.78, 5) is 4.82. The number of fused-ring (bicyclic) bond motifs is 2. The van der Waals surface area contributed by atoms with Crippen LogP contribution in [0.1, 0.15) is 38.8 Å². The Balaban J connectivity index is 1.62. The van der Waals surface area contributed by atoms with Crippen molar-refractivity contribution in [1.29, 1.82) is 0 Å². The van der Waals surface area contributed by atoms with Gasteiger partial charge in [0.25, 0.3) is 0 Å². The summed E-state index contributed by atoms with van der Waals surface area (Å²) in [7, 11) is 0. The molecule has 4 rings (SSSR count). The Labute approximate surface area is 150 Å². The maximum absolute atomic E-state index is 4.82. The third kappa shape index (κ3) is 2.44. The zero-order valence-corrected chi connectivity index (χ0v) is 15.3. The number of nitrogens with zero attached hydrogens (tertiary/aromatic N) is 1. The molecule has 0 fully saturated rings. The quantitative estimate of drug-likeness (QED) is 0.730. The van der Waals surface area contributed by atoms with Crippen LogP contribution in [0.2, 0.25) is 0 Å². The number of hydrogen-bond donors (Lipinski definition) is 1. The summed E-state index contributed by atoms with van der Waals surface area (Å²) in [6.45, 7) is 9.00. The Kier molecular flexibility index (Phi) is 3.47. The number of benzene rings is 2. The van der Waals surface area contributed by atoms with Gasteiger partial charge in [-0.2, -0.15) is 0 Å². The molecule has 0 radical (unpaired) electrons. The molecule has 2 nitrogen and oxygen atoms in total. The van der Waals surface area contributed by atoms with Crippen molar-refractivity contribution < 1.29 is 0 Å². The van der Waals surface area contributed by atoms with E-state index < -0.39 is 0 Å². The molecule has 2 heterocycles. The minimum atomic E-state index is -0.0484. The molecule has 0 aromatic heterocycles. The van der Waals surface area contributed by atoms with Crippen molar-refractivity contribution in [3.05, 3.63) is 83.6 Å². The summed E-state index contributed by atoms with van der Waals surface area (Å²) in [6, 6.07) is 16.9. The standard InChI is InChI=1S/C23H24N2/c1-22(2)16-10-5-7-12-18(16)24-20(22)14-9-15-21-23(3,4)17-11-6-8-13-19(17)25-21/h5-15,24H,1-4H3/b15-9+,20-14+. The van der Waals surface area contributed by atoms with Crippen LogP contribution in [0.5, 0.6) is 0 Å². The first kappa shape index (κ1) is 15.9. The number of anilines is 1. The highest BCUT2D eigenvalue weighted by atomic mass is 14.9. The Morgan fingerprint density at radius 1 is 0.840 bits per heavy atom. The van der Waals surface area contributed by atoms with Crippen LogP contribution in [0.3, 0.4) is 0 Å². The van der Waals surface area contributed by atoms with E-state index in [2.05, 4.69) is 99.8 Å². The SMILES string of the molecule is CC1(C)C(/C=C/C=C2/Nc3ccccc3C2(C)C)=Nc2ccccc21. The maximum atomic E-state index is 4.82. The lowest BCUT2D eigenvalue weighted by atomic mass is 9.81. The number of hydrogen-bond acceptors (Lipinski definition) is 2. The van der Waals surface area contributed by atoms with E-state index in [4.69, 9.17) is 4.99 Å². The van der Waals surface area contributed by atoms with Crippen molar-refractivity contribution in [1.82, 2.24) is 0 Å². The first-order valence-corrected chi connectivity index (χ1v) is 8.85. The minimum absolute atomic E-state index is 0.00308. The average Bonchev–Trinajstić information content (AvgIpc) is 3.00. The zero-order valence-electron chi connectivity index (χ0n) is 15.3. The lowest BCUT2D eigenvalue weighted by Gasteiger charge is -2.21. The predicted molar refractivity (Wildman–Crippen MR) is 107 cm³/mol. The first-order chi connectivity index (χ1) is 11.9. The van der Waals surface area contributed by atoms with Crippen LogP contribution in [-0.4, -0.2) is 5.71 Å². The van der Waals surface area contributed by atoms with Gasteiger partial charge in [0.05, 0.1) is 11.4 Å². The van der Waals surface area contributed by atoms with Crippen molar-refractivity contribution in [2.45, 2.75) is 38.5 Å². The lowest BCUT2D eigenvalue weighted by molar-refractivity contribution is 0.654. The Morgan fingerprint density at radius 3 is 2.24 bits per heavy atom. The molecule has 25 heavy (non-hydrogen) atoms. The van der Waals surface area contributed by atoms with E-state index in [1.807, 2.05) is 0 Å². The van der Waals surface area contributed by atoms with Gasteiger partial charge >= 0.3 is 0 Å². The van der Waals surface area contributed by atoms with Crippen LogP contribution in [0, 0.1) is 0 Å². The van der Waals surface area contributed by atoms with Gasteiger partial charge in [0.15, 0.2) is 0 Å². The Bertz CT molecular complexity index is 927. The summed E-state index contributed by atoms with van der Waals surface area (Å²) in [5, 5.41) is 3.56. The van der Waals surface area contributed by atoms with E-state index in [1.165, 1.54) is 22.5 Å². The Hall–Kier alpha value is -2.61. The van der Waals surface area contributed by atoms with Gasteiger partial charge in [-0.05, 0) is 35.4 Å². The molecule has 0 spiro atoms. The fraction of sp³-hybridized carbons (Fsp3) is 0.261. The van der Waals surface area contributed by atoms with Crippen molar-refractivity contribution in [3.63, 3.8) is 0 Å². The van der Waals surface area contributed by atoms with E-state index in [9.17, 15) is 0 Å². The summed E-state index contributed by atoms with van der Waals surface area (Å²) in [6.07, 6.45) is 6.46. The van der Waals surface area contributed by atoms with Gasteiger partial charge in [0.1, 0.15) is 0 Å². The molecule has 2 aromatic rings. The summed E-state index contributed by atoms with van der Waals surface area (Å²) in [5.74, 6) is 0. The Morgan fingerprint density at radius 2 is 1.52 bits per heavy atom. The van der Waals surface area contributed by atoms with Gasteiger partial charge in [-0.1, -0.05) is 70.2 Å². The van der Waals surface area contributed by atoms with Gasteiger partial charge in [0.2, 0.25) is 0 Å². The molecule has 126 valence electrons. The highest BCUT2D eigenvalue weighted by molar-refractivity contribution is 6.08. The third-order valence-electron chi connectivity index (χ3n) is 5.52. The van der Waals surface area contributed by atoms with Gasteiger partial charge in [-0.3, -0.25) is 4.99 Å². The fourth-order valence-corrected chi connectivity index (χ4v) is 3.82. The molecular weight excluding hydrogens is 304 g/mol. The van der Waals surface area contributed by atoms with Crippen molar-refractivity contribution >= 4 is 17.1 Å². The van der Waals surface area contributed by atoms with Gasteiger partial charge < -0.3 is 5.32 Å². The van der Waals surface area contributed by atoms with Crippen molar-refractivity contribution in [2.75, 3.05) is 5.32 Å². The molecule has 2 heteroatoms. The number of para-hydroxylation sites is 2. The maximum Gasteiger partial charge on any atom is 0.0674 e. The lowest BCUT2D eigenvalue weighted by Crippen LogP contribution is -2.23. The average molecular weight is 328 g/mol. The second kappa shape index (κ2) is 5.45. The van der Waals surface area contributed by atoms with Crippen LogP contribution >= 0.6 is 0 Å². The van der Waals surface area contributed by atoms with E-state index in [0.29, 0.717) is 0 Å². The molecule has 0 saturated carbocycles. The van der Waals surface area contributed by atoms with Crippen molar-refractivity contribution in [2.24, 2.45) is 4.99 Å². The smallest absolute Gasteiger partial charge is 0.0674 e. The molecule has 2 aliphatic rings. The van der Waals surface area contributed by atoms with Crippen LogP contribution in [-0.2, 0) is 10.8 Å². The molecule has 0 aliphatic carbocycles. The fourth-order valence-electron chi connectivity index (χ4n) is 3.82. The molecule has 0 atom stereocenters. The van der Waals surface area contributed by atoms with Crippen molar-refractivity contribution in [3.8, 4) is 0 Å². The highest BCUT2D eigenvalue weighted by Crippen LogP contribution is 2.43. The van der Waals surface area contributed by atoms with Crippen LogP contribution in [0.15, 0.2) is 77.4 Å². The van der Waals surface area contributed by atoms with Gasteiger partial charge in [-0.25, -0.2) is 0 Å². The second-order valence-corrected chi connectivity index (χ2v) is 7.87. The molecule has 2 aromatic carbocycles. The molecule has 2 aliphatic heterocycles. The normalized spacial score (nSPS) is 21.1. The second-order valence-electron chi connectivity index (χ2n) is 7.87. The van der Waals surface area contributed by atoms with E-state index >= 15 is 0 Å². The van der Waals surface area contributed by atoms with Gasteiger partial charge in [0, 0.05) is 22.2 Å². The number of allylic oxidation sites excluding steroid dienone is 4. The molecular formula is C23H24N2. The summed E-state index contributed by atoms with van der Waals surface area (Å²) < 4.78 is 0. The molecule has 0 unspecified atom stereocenters. The number of nitrogens with one attached hydrogen (secondary N) is 1. The van der Waals surface area contributed by atoms with Crippen LogP contribution in [0.4, 0.5) is 11.4 Å². The number of rotatable bonds is 2. The predicted octanol–water partition coefficient (Wildman–Crippen LogP) is 5.89. The first-order valence-electron chi connectivity index (χ1n) is 8.85. The molecule has 1 N–H and O–H groups in total. The van der Waals surface area contributed by atoms with E-state index in [0.717, 1.165) is 11.4 Å². The molecule has 0 saturated heterocycles. The van der Waals surface area contributed by atoms with E-state index in [1.54, 1.807) is 0 Å². The topological polar surface area (TPSA) is 24.4 Å². The van der Waals surface area contributed by atoms with Gasteiger partial charge in [-0.15, -0.1) is 0 Å². The number of aliphatic imine (C=N–C) groups is 1. The highest BCUT2D eigenvalue weighted by Gasteiger charge is 2.34. The van der Waals surface area contributed by atoms with Crippen LogP contribution in [0.25, 0.3) is 0 Å². The monoisotopic (exact) mass is 328 g/mol. The third-order valence-corrected chi connectivity index (χ3v) is 5.52. The largest absolute Gasteiger partial charge is 0.358 e. The summed E-state index contributed by atoms with van der Waals surface area (Å²) >= 11 is 0. The van der Waals surface area contributed by atoms with E-state index in [-0.39, 0.29) is 10.8 Å². The molecule has 0 amide bonds. The summed E-state index contributed by atoms with van der Waals surface area (Å²) in [5.41, 5.74) is 7.22. The minimum Gasteiger partial charge on any atom is -0.358 e. The molecule has 0 bridgehead atoms. The zero-order chi connectivity index (χ0) is 17.7.